The molecule has 0 atom stereocenters. The molecule has 0 saturated carbocycles. The van der Waals surface area contributed by atoms with Crippen LogP contribution in [-0.2, 0) is 12.3 Å². The van der Waals surface area contributed by atoms with Gasteiger partial charge in [0.15, 0.2) is 5.82 Å². The summed E-state index contributed by atoms with van der Waals surface area (Å²) in [5.41, 5.74) is 5.37. The Hall–Kier alpha value is -0.550. The summed E-state index contributed by atoms with van der Waals surface area (Å²) in [6.45, 7) is 4.72. The van der Waals surface area contributed by atoms with E-state index in [9.17, 15) is 0 Å². The lowest BCUT2D eigenvalue weighted by Crippen LogP contribution is -1.98. The molecule has 1 aromatic rings. The number of hydrogen-bond donors (Lipinski definition) is 2. The Balaban J connectivity index is 2.41. The lowest BCUT2D eigenvalue weighted by Gasteiger charge is -1.99. The molecule has 0 aliphatic rings. The zero-order valence-electron chi connectivity index (χ0n) is 7.37. The first-order valence-electron chi connectivity index (χ1n) is 3.94. The smallest absolute Gasteiger partial charge is 0.164 e. The van der Waals surface area contributed by atoms with E-state index in [1.807, 2.05) is 11.8 Å². The number of H-pyrrole nitrogens is 1. The number of nitrogens with one attached hydrogen (secondary N) is 1. The van der Waals surface area contributed by atoms with Gasteiger partial charge in [0, 0.05) is 0 Å². The van der Waals surface area contributed by atoms with Gasteiger partial charge in [-0.3, -0.25) is 5.10 Å². The normalized spacial score (nSPS) is 11.0. The van der Waals surface area contributed by atoms with Gasteiger partial charge in [-0.2, -0.15) is 16.9 Å². The fraction of sp³-hybridized carbons (Fsp3) is 0.714. The van der Waals surface area contributed by atoms with Crippen LogP contribution in [0, 0.1) is 0 Å². The van der Waals surface area contributed by atoms with Crippen molar-refractivity contribution in [2.75, 3.05) is 0 Å². The van der Waals surface area contributed by atoms with Gasteiger partial charge >= 0.3 is 0 Å². The van der Waals surface area contributed by atoms with Gasteiger partial charge in [0.05, 0.1) is 12.3 Å². The van der Waals surface area contributed by atoms with Crippen LogP contribution in [-0.4, -0.2) is 20.4 Å². The van der Waals surface area contributed by atoms with Crippen LogP contribution in [0.1, 0.15) is 25.5 Å². The van der Waals surface area contributed by atoms with Gasteiger partial charge in [-0.15, -0.1) is 0 Å². The van der Waals surface area contributed by atoms with Crippen LogP contribution in [0.4, 0.5) is 0 Å². The number of nitrogens with two attached hydrogens (primary N) is 1. The molecule has 68 valence electrons. The number of hydrogen-bond acceptors (Lipinski definition) is 4. The molecule has 0 spiro atoms. The molecule has 0 bridgehead atoms. The zero-order valence-corrected chi connectivity index (χ0v) is 8.19. The molecule has 0 aliphatic carbocycles. The molecule has 1 heterocycles. The van der Waals surface area contributed by atoms with Crippen molar-refractivity contribution in [2.45, 2.75) is 31.4 Å². The maximum atomic E-state index is 5.37. The van der Waals surface area contributed by atoms with Crippen molar-refractivity contribution in [3.05, 3.63) is 11.6 Å². The zero-order chi connectivity index (χ0) is 8.97. The van der Waals surface area contributed by atoms with Gasteiger partial charge in [0.2, 0.25) is 0 Å². The van der Waals surface area contributed by atoms with Gasteiger partial charge in [-0.1, -0.05) is 13.8 Å². The second kappa shape index (κ2) is 4.47. The molecule has 0 unspecified atom stereocenters. The van der Waals surface area contributed by atoms with E-state index in [0.717, 1.165) is 11.6 Å². The molecule has 5 heteroatoms. The molecule has 0 aromatic carbocycles. The Bertz CT molecular complexity index is 233. The van der Waals surface area contributed by atoms with Crippen molar-refractivity contribution in [3.8, 4) is 0 Å². The highest BCUT2D eigenvalue weighted by molar-refractivity contribution is 7.99. The first-order chi connectivity index (χ1) is 5.72. The quantitative estimate of drug-likeness (QED) is 0.733. The van der Waals surface area contributed by atoms with Crippen molar-refractivity contribution in [3.63, 3.8) is 0 Å². The van der Waals surface area contributed by atoms with Gasteiger partial charge in [0.1, 0.15) is 5.82 Å². The molecular weight excluding hydrogens is 172 g/mol. The van der Waals surface area contributed by atoms with E-state index in [1.54, 1.807) is 0 Å². The largest absolute Gasteiger partial charge is 0.324 e. The van der Waals surface area contributed by atoms with Crippen LogP contribution in [0.25, 0.3) is 0 Å². The predicted molar refractivity (Wildman–Crippen MR) is 50.7 cm³/mol. The minimum atomic E-state index is 0.406. The second-order valence-electron chi connectivity index (χ2n) is 2.76. The molecular formula is C7H14N4S. The van der Waals surface area contributed by atoms with E-state index in [2.05, 4.69) is 29.0 Å². The molecule has 0 radical (unpaired) electrons. The van der Waals surface area contributed by atoms with E-state index < -0.39 is 0 Å². The summed E-state index contributed by atoms with van der Waals surface area (Å²) in [6.07, 6.45) is 0. The lowest BCUT2D eigenvalue weighted by molar-refractivity contribution is 0.916. The average molecular weight is 186 g/mol. The van der Waals surface area contributed by atoms with E-state index in [4.69, 9.17) is 5.73 Å². The monoisotopic (exact) mass is 186 g/mol. The third kappa shape index (κ3) is 2.83. The lowest BCUT2D eigenvalue weighted by atomic mass is 10.6. The van der Waals surface area contributed by atoms with Gasteiger partial charge < -0.3 is 5.73 Å². The van der Waals surface area contributed by atoms with Crippen LogP contribution >= 0.6 is 11.8 Å². The highest BCUT2D eigenvalue weighted by Crippen LogP contribution is 2.13. The van der Waals surface area contributed by atoms with Crippen LogP contribution in [0.5, 0.6) is 0 Å². The molecule has 0 amide bonds. The second-order valence-corrected chi connectivity index (χ2v) is 4.33. The Kier molecular flexibility index (Phi) is 3.55. The minimum Gasteiger partial charge on any atom is -0.324 e. The Morgan fingerprint density at radius 1 is 1.58 bits per heavy atom. The van der Waals surface area contributed by atoms with Gasteiger partial charge in [-0.25, -0.2) is 4.98 Å². The molecule has 0 saturated heterocycles. The Morgan fingerprint density at radius 3 is 2.83 bits per heavy atom. The highest BCUT2D eigenvalue weighted by Gasteiger charge is 2.02. The van der Waals surface area contributed by atoms with Crippen LogP contribution in [0.15, 0.2) is 0 Å². The van der Waals surface area contributed by atoms with Crippen LogP contribution < -0.4 is 5.73 Å². The van der Waals surface area contributed by atoms with Gasteiger partial charge in [0.25, 0.3) is 0 Å². The van der Waals surface area contributed by atoms with E-state index >= 15 is 0 Å². The molecule has 12 heavy (non-hydrogen) atoms. The number of aromatic nitrogens is 3. The van der Waals surface area contributed by atoms with Gasteiger partial charge in [-0.05, 0) is 5.25 Å². The summed E-state index contributed by atoms with van der Waals surface area (Å²) in [7, 11) is 0. The predicted octanol–water partition coefficient (Wildman–Crippen LogP) is 0.905. The summed E-state index contributed by atoms with van der Waals surface area (Å²) in [4.78, 5) is 4.19. The topological polar surface area (TPSA) is 67.6 Å². The third-order valence-electron chi connectivity index (χ3n) is 1.31. The first-order valence-corrected chi connectivity index (χ1v) is 4.99. The minimum absolute atomic E-state index is 0.406. The summed E-state index contributed by atoms with van der Waals surface area (Å²) in [5.74, 6) is 2.48. The van der Waals surface area contributed by atoms with Crippen LogP contribution in [0.2, 0.25) is 0 Å². The molecule has 0 fully saturated rings. The standard InChI is InChI=1S/C7H14N4S/c1-5(2)12-4-7-9-6(3-8)10-11-7/h5H,3-4,8H2,1-2H3,(H,9,10,11). The van der Waals surface area contributed by atoms with Crippen molar-refractivity contribution >= 4 is 11.8 Å². The number of rotatable bonds is 4. The summed E-state index contributed by atoms with van der Waals surface area (Å²) in [5, 5.41) is 7.41. The van der Waals surface area contributed by atoms with Crippen molar-refractivity contribution in [1.29, 1.82) is 0 Å². The van der Waals surface area contributed by atoms with Crippen molar-refractivity contribution in [1.82, 2.24) is 15.2 Å². The number of thioether (sulfide) groups is 1. The third-order valence-corrected chi connectivity index (χ3v) is 2.42. The Labute approximate surface area is 76.3 Å². The number of aromatic amines is 1. The SMILES string of the molecule is CC(C)SCc1nc(CN)n[nH]1. The maximum absolute atomic E-state index is 5.37. The highest BCUT2D eigenvalue weighted by atomic mass is 32.2. The van der Waals surface area contributed by atoms with Crippen molar-refractivity contribution in [2.24, 2.45) is 5.73 Å². The number of nitrogens with zero attached hydrogens (tertiary/aromatic N) is 2. The fourth-order valence-corrected chi connectivity index (χ4v) is 1.36. The molecule has 4 nitrogen and oxygen atoms in total. The summed E-state index contributed by atoms with van der Waals surface area (Å²) < 4.78 is 0. The van der Waals surface area contributed by atoms with Crippen molar-refractivity contribution < 1.29 is 0 Å². The van der Waals surface area contributed by atoms with Crippen LogP contribution in [0.3, 0.4) is 0 Å². The molecule has 0 aliphatic heterocycles. The van der Waals surface area contributed by atoms with E-state index in [-0.39, 0.29) is 0 Å². The maximum Gasteiger partial charge on any atom is 0.164 e. The average Bonchev–Trinajstić information content (AvgIpc) is 2.48. The first kappa shape index (κ1) is 9.54. The van der Waals surface area contributed by atoms with E-state index in [0.29, 0.717) is 17.6 Å². The molecule has 1 aromatic heterocycles. The Morgan fingerprint density at radius 2 is 2.33 bits per heavy atom. The van der Waals surface area contributed by atoms with E-state index in [1.165, 1.54) is 0 Å². The summed E-state index contributed by atoms with van der Waals surface area (Å²) in [6, 6.07) is 0. The summed E-state index contributed by atoms with van der Waals surface area (Å²) >= 11 is 1.83. The fourth-order valence-electron chi connectivity index (χ4n) is 0.736. The molecule has 3 N–H and O–H groups in total. The molecule has 1 rings (SSSR count).